The van der Waals surface area contributed by atoms with Crippen molar-refractivity contribution >= 4 is 5.84 Å². The average molecular weight is 137 g/mol. The molecule has 55 valence electrons. The van der Waals surface area contributed by atoms with Crippen molar-refractivity contribution in [3.8, 4) is 0 Å². The lowest BCUT2D eigenvalue weighted by molar-refractivity contribution is 0.384. The molecule has 1 fully saturated rings. The van der Waals surface area contributed by atoms with E-state index in [1.165, 1.54) is 0 Å². The molecule has 0 atom stereocenters. The third-order valence-electron chi connectivity index (χ3n) is 1.88. The van der Waals surface area contributed by atoms with E-state index in [0.29, 0.717) is 5.84 Å². The van der Waals surface area contributed by atoms with Crippen molar-refractivity contribution in [2.75, 3.05) is 13.1 Å². The molecular formula is C8H13N2. The Balaban J connectivity index is 2.40. The second kappa shape index (κ2) is 2.86. The number of hydrogen-bond acceptors (Lipinski definition) is 1. The zero-order valence-electron chi connectivity index (χ0n) is 6.35. The monoisotopic (exact) mass is 137 g/mol. The van der Waals surface area contributed by atoms with Gasteiger partial charge in [-0.2, -0.15) is 0 Å². The van der Waals surface area contributed by atoms with E-state index in [4.69, 9.17) is 12.0 Å². The summed E-state index contributed by atoms with van der Waals surface area (Å²) in [5.74, 6) is 0.660. The summed E-state index contributed by atoms with van der Waals surface area (Å²) >= 11 is 0. The summed E-state index contributed by atoms with van der Waals surface area (Å²) in [4.78, 5) is 2.05. The maximum atomic E-state index is 7.33. The van der Waals surface area contributed by atoms with Gasteiger partial charge in [-0.1, -0.05) is 12.2 Å². The van der Waals surface area contributed by atoms with Gasteiger partial charge in [0.25, 0.3) is 0 Å². The lowest BCUT2D eigenvalue weighted by atomic mass is 10.1. The van der Waals surface area contributed by atoms with Crippen molar-refractivity contribution in [3.05, 3.63) is 12.2 Å². The molecule has 0 unspecified atom stereocenters. The Bertz CT molecular complexity index is 151. The van der Waals surface area contributed by atoms with E-state index in [9.17, 15) is 0 Å². The van der Waals surface area contributed by atoms with Gasteiger partial charge in [0.15, 0.2) is 0 Å². The van der Waals surface area contributed by atoms with Crippen LogP contribution in [-0.2, 0) is 0 Å². The number of amidine groups is 1. The van der Waals surface area contributed by atoms with Gasteiger partial charge in [0.2, 0.25) is 0 Å². The van der Waals surface area contributed by atoms with Crippen LogP contribution in [0.2, 0.25) is 0 Å². The van der Waals surface area contributed by atoms with Gasteiger partial charge in [0.05, 0.1) is 5.84 Å². The molecule has 2 heteroatoms. The molecule has 1 radical (unpaired) electrons. The quantitative estimate of drug-likeness (QED) is 0.397. The van der Waals surface area contributed by atoms with Crippen molar-refractivity contribution in [2.45, 2.75) is 19.8 Å². The Labute approximate surface area is 62.0 Å². The van der Waals surface area contributed by atoms with Crippen LogP contribution >= 0.6 is 0 Å². The molecule has 1 saturated heterocycles. The highest BCUT2D eigenvalue weighted by Gasteiger charge is 2.11. The lowest BCUT2D eigenvalue weighted by Gasteiger charge is -2.28. The maximum absolute atomic E-state index is 7.33. The van der Waals surface area contributed by atoms with E-state index >= 15 is 0 Å². The summed E-state index contributed by atoms with van der Waals surface area (Å²) in [5.41, 5.74) is 1.08. The molecule has 0 aromatic rings. The van der Waals surface area contributed by atoms with Gasteiger partial charge in [-0.3, -0.25) is 5.41 Å². The van der Waals surface area contributed by atoms with Gasteiger partial charge in [0.1, 0.15) is 0 Å². The minimum Gasteiger partial charge on any atom is -0.360 e. The highest BCUT2D eigenvalue weighted by Crippen LogP contribution is 2.12. The third kappa shape index (κ3) is 1.59. The summed E-state index contributed by atoms with van der Waals surface area (Å²) in [7, 11) is 0. The van der Waals surface area contributed by atoms with Gasteiger partial charge >= 0.3 is 0 Å². The lowest BCUT2D eigenvalue weighted by Crippen LogP contribution is -2.33. The van der Waals surface area contributed by atoms with Gasteiger partial charge in [-0.05, 0) is 19.8 Å². The van der Waals surface area contributed by atoms with Crippen LogP contribution in [0, 0.1) is 12.0 Å². The standard InChI is InChI=1S/C8H13N2/c1-7-3-5-10(6-4-7)8(2)9/h1,9H,3-6H2,2H3. The Morgan fingerprint density at radius 2 is 2.00 bits per heavy atom. The van der Waals surface area contributed by atoms with Crippen molar-refractivity contribution < 1.29 is 0 Å². The fourth-order valence-electron chi connectivity index (χ4n) is 1.13. The summed E-state index contributed by atoms with van der Waals surface area (Å²) < 4.78 is 0. The SMILES string of the molecule is [CH]=C1CCN(C(C)=N)CC1. The van der Waals surface area contributed by atoms with Crippen LogP contribution in [0.25, 0.3) is 0 Å². The summed E-state index contributed by atoms with van der Waals surface area (Å²) in [6.07, 6.45) is 1.91. The molecule has 0 amide bonds. The van der Waals surface area contributed by atoms with Gasteiger partial charge in [-0.15, -0.1) is 0 Å². The van der Waals surface area contributed by atoms with Crippen LogP contribution in [0.5, 0.6) is 0 Å². The van der Waals surface area contributed by atoms with Gasteiger partial charge in [-0.25, -0.2) is 0 Å². The highest BCUT2D eigenvalue weighted by atomic mass is 15.2. The van der Waals surface area contributed by atoms with E-state index in [1.807, 2.05) is 6.92 Å². The van der Waals surface area contributed by atoms with Gasteiger partial charge in [0, 0.05) is 13.1 Å². The molecule has 0 spiro atoms. The molecule has 0 saturated carbocycles. The van der Waals surface area contributed by atoms with E-state index in [-0.39, 0.29) is 0 Å². The summed E-state index contributed by atoms with van der Waals surface area (Å²) in [6.45, 7) is 9.30. The Morgan fingerprint density at radius 1 is 1.50 bits per heavy atom. The molecule has 2 nitrogen and oxygen atoms in total. The van der Waals surface area contributed by atoms with Crippen LogP contribution in [0.3, 0.4) is 0 Å². The van der Waals surface area contributed by atoms with Crippen LogP contribution in [0.15, 0.2) is 5.57 Å². The van der Waals surface area contributed by atoms with Crippen molar-refractivity contribution in [2.24, 2.45) is 0 Å². The molecule has 0 aromatic carbocycles. The van der Waals surface area contributed by atoms with Crippen LogP contribution in [-0.4, -0.2) is 23.8 Å². The first kappa shape index (κ1) is 7.32. The summed E-state index contributed by atoms with van der Waals surface area (Å²) in [5, 5.41) is 7.33. The summed E-state index contributed by atoms with van der Waals surface area (Å²) in [6, 6.07) is 0. The van der Waals surface area contributed by atoms with Gasteiger partial charge < -0.3 is 4.90 Å². The van der Waals surface area contributed by atoms with Crippen LogP contribution < -0.4 is 0 Å². The fraction of sp³-hybridized carbons (Fsp3) is 0.625. The van der Waals surface area contributed by atoms with E-state index < -0.39 is 0 Å². The van der Waals surface area contributed by atoms with Crippen LogP contribution in [0.4, 0.5) is 0 Å². The first-order valence-corrected chi connectivity index (χ1v) is 3.60. The average Bonchev–Trinajstić information content (AvgIpc) is 1.88. The van der Waals surface area contributed by atoms with E-state index in [1.54, 1.807) is 0 Å². The Kier molecular flexibility index (Phi) is 2.10. The third-order valence-corrected chi connectivity index (χ3v) is 1.88. The van der Waals surface area contributed by atoms with Crippen molar-refractivity contribution in [1.29, 1.82) is 5.41 Å². The molecule has 1 aliphatic heterocycles. The fourth-order valence-corrected chi connectivity index (χ4v) is 1.13. The molecule has 1 N–H and O–H groups in total. The number of hydrogen-bond donors (Lipinski definition) is 1. The molecule has 10 heavy (non-hydrogen) atoms. The minimum absolute atomic E-state index is 0.660. The molecule has 0 aromatic heterocycles. The smallest absolute Gasteiger partial charge is 0.0926 e. The molecule has 0 bridgehead atoms. The Hall–Kier alpha value is -0.790. The molecule has 1 heterocycles. The van der Waals surface area contributed by atoms with Crippen molar-refractivity contribution in [1.82, 2.24) is 4.90 Å². The van der Waals surface area contributed by atoms with Crippen LogP contribution in [0.1, 0.15) is 19.8 Å². The first-order chi connectivity index (χ1) is 4.70. The second-order valence-corrected chi connectivity index (χ2v) is 2.73. The number of rotatable bonds is 0. The Morgan fingerprint density at radius 3 is 2.40 bits per heavy atom. The molecule has 1 rings (SSSR count). The predicted molar refractivity (Wildman–Crippen MR) is 42.0 cm³/mol. The molecular weight excluding hydrogens is 124 g/mol. The zero-order chi connectivity index (χ0) is 7.56. The van der Waals surface area contributed by atoms with E-state index in [0.717, 1.165) is 31.5 Å². The number of piperidine rings is 1. The molecule has 0 aliphatic carbocycles. The number of likely N-dealkylation sites (tertiary alicyclic amines) is 1. The molecule has 1 aliphatic rings. The predicted octanol–water partition coefficient (Wildman–Crippen LogP) is 1.44. The normalized spacial score (nSPS) is 19.3. The zero-order valence-corrected chi connectivity index (χ0v) is 6.35. The minimum atomic E-state index is 0.660. The topological polar surface area (TPSA) is 27.1 Å². The number of nitrogens with one attached hydrogen (secondary N) is 1. The van der Waals surface area contributed by atoms with E-state index in [2.05, 4.69) is 4.90 Å². The first-order valence-electron chi connectivity index (χ1n) is 3.60. The largest absolute Gasteiger partial charge is 0.360 e. The second-order valence-electron chi connectivity index (χ2n) is 2.73. The number of nitrogens with zero attached hydrogens (tertiary/aromatic N) is 1. The maximum Gasteiger partial charge on any atom is 0.0926 e. The van der Waals surface area contributed by atoms with Crippen molar-refractivity contribution in [3.63, 3.8) is 0 Å². The highest BCUT2D eigenvalue weighted by molar-refractivity contribution is 5.76.